The van der Waals surface area contributed by atoms with E-state index in [4.69, 9.17) is 5.11 Å². The molecule has 5 heteroatoms. The first kappa shape index (κ1) is 16.7. The minimum Gasteiger partial charge on any atom is -0.481 e. The number of hydrogen-bond donors (Lipinski definition) is 2. The van der Waals surface area contributed by atoms with E-state index in [-0.39, 0.29) is 5.91 Å². The van der Waals surface area contributed by atoms with Crippen LogP contribution in [0.25, 0.3) is 0 Å². The number of carboxylic acid groups (broad SMARTS) is 1. The molecule has 0 aromatic rings. The monoisotopic (exact) mass is 282 g/mol. The second-order valence-corrected chi connectivity index (χ2v) is 5.71. The van der Waals surface area contributed by atoms with Crippen LogP contribution in [-0.4, -0.2) is 48.1 Å². The lowest BCUT2D eigenvalue weighted by atomic mass is 9.82. The smallest absolute Gasteiger partial charge is 0.307 e. The van der Waals surface area contributed by atoms with Crippen LogP contribution in [0.5, 0.6) is 0 Å². The Kier molecular flexibility index (Phi) is 6.71. The summed E-state index contributed by atoms with van der Waals surface area (Å²) in [6.07, 6.45) is 5.59. The average molecular weight is 282 g/mol. The lowest BCUT2D eigenvalue weighted by Gasteiger charge is -2.25. The fraction of sp³-hybridized carbons (Fsp3) is 0.733. The molecule has 0 aliphatic heterocycles. The predicted octanol–water partition coefficient (Wildman–Crippen LogP) is 1.50. The Morgan fingerprint density at radius 3 is 2.45 bits per heavy atom. The zero-order chi connectivity index (χ0) is 15.1. The van der Waals surface area contributed by atoms with Crippen molar-refractivity contribution in [3.8, 4) is 0 Å². The number of allylic oxidation sites excluding steroid dienone is 2. The van der Waals surface area contributed by atoms with E-state index in [0.717, 1.165) is 13.0 Å². The summed E-state index contributed by atoms with van der Waals surface area (Å²) in [5.74, 6) is -2.03. The zero-order valence-electron chi connectivity index (χ0n) is 12.6. The van der Waals surface area contributed by atoms with Gasteiger partial charge in [0.05, 0.1) is 11.8 Å². The highest BCUT2D eigenvalue weighted by atomic mass is 16.4. The molecule has 0 spiro atoms. The van der Waals surface area contributed by atoms with E-state index in [9.17, 15) is 9.59 Å². The van der Waals surface area contributed by atoms with Crippen molar-refractivity contribution in [2.45, 2.75) is 39.2 Å². The van der Waals surface area contributed by atoms with Crippen molar-refractivity contribution in [3.63, 3.8) is 0 Å². The minimum absolute atomic E-state index is 0.131. The molecule has 20 heavy (non-hydrogen) atoms. The molecule has 0 saturated heterocycles. The molecule has 5 nitrogen and oxygen atoms in total. The second-order valence-electron chi connectivity index (χ2n) is 5.71. The molecule has 2 N–H and O–H groups in total. The Morgan fingerprint density at radius 2 is 1.90 bits per heavy atom. The van der Waals surface area contributed by atoms with Crippen LogP contribution < -0.4 is 5.32 Å². The van der Waals surface area contributed by atoms with Gasteiger partial charge in [-0.3, -0.25) is 9.59 Å². The standard InChI is InChI=1S/C15H26N2O3/c1-11(2)17(3)10-6-9-16-14(18)12-7-4-5-8-13(12)15(19)20/h4-5,11-13H,6-10H2,1-3H3,(H,16,18)(H,19,20). The molecule has 1 aliphatic carbocycles. The van der Waals surface area contributed by atoms with E-state index < -0.39 is 17.8 Å². The van der Waals surface area contributed by atoms with Gasteiger partial charge in [-0.15, -0.1) is 0 Å². The van der Waals surface area contributed by atoms with Gasteiger partial charge in [0.15, 0.2) is 0 Å². The number of carboxylic acids is 1. The van der Waals surface area contributed by atoms with Crippen LogP contribution in [-0.2, 0) is 9.59 Å². The van der Waals surface area contributed by atoms with E-state index >= 15 is 0 Å². The lowest BCUT2D eigenvalue weighted by Crippen LogP contribution is -2.40. The van der Waals surface area contributed by atoms with Gasteiger partial charge in [-0.05, 0) is 46.7 Å². The number of carbonyl (C=O) groups excluding carboxylic acids is 1. The average Bonchev–Trinajstić information content (AvgIpc) is 2.42. The Hall–Kier alpha value is -1.36. The quantitative estimate of drug-likeness (QED) is 0.548. The number of nitrogens with one attached hydrogen (secondary N) is 1. The predicted molar refractivity (Wildman–Crippen MR) is 78.4 cm³/mol. The van der Waals surface area contributed by atoms with Gasteiger partial charge in [-0.1, -0.05) is 12.2 Å². The molecule has 0 aromatic heterocycles. The van der Waals surface area contributed by atoms with Crippen molar-refractivity contribution in [2.24, 2.45) is 11.8 Å². The van der Waals surface area contributed by atoms with Crippen LogP contribution in [0.1, 0.15) is 33.1 Å². The van der Waals surface area contributed by atoms with Crippen LogP contribution in [0.4, 0.5) is 0 Å². The molecule has 2 atom stereocenters. The molecule has 0 aromatic carbocycles. The summed E-state index contributed by atoms with van der Waals surface area (Å²) in [6.45, 7) is 5.78. The molecular formula is C15H26N2O3. The Morgan fingerprint density at radius 1 is 1.30 bits per heavy atom. The number of rotatable bonds is 7. The van der Waals surface area contributed by atoms with Gasteiger partial charge in [0, 0.05) is 12.6 Å². The van der Waals surface area contributed by atoms with Gasteiger partial charge in [-0.2, -0.15) is 0 Å². The number of hydrogen-bond acceptors (Lipinski definition) is 3. The van der Waals surface area contributed by atoms with Gasteiger partial charge in [-0.25, -0.2) is 0 Å². The van der Waals surface area contributed by atoms with Crippen molar-refractivity contribution < 1.29 is 14.7 Å². The third-order valence-electron chi connectivity index (χ3n) is 3.95. The molecule has 0 bridgehead atoms. The first-order valence-electron chi connectivity index (χ1n) is 7.29. The number of nitrogens with zero attached hydrogens (tertiary/aromatic N) is 1. The van der Waals surface area contributed by atoms with Crippen molar-refractivity contribution in [1.82, 2.24) is 10.2 Å². The van der Waals surface area contributed by atoms with Crippen LogP contribution in [0, 0.1) is 11.8 Å². The second kappa shape index (κ2) is 8.04. The summed E-state index contributed by atoms with van der Waals surface area (Å²) in [6, 6.07) is 0.491. The van der Waals surface area contributed by atoms with Crippen molar-refractivity contribution in [2.75, 3.05) is 20.1 Å². The van der Waals surface area contributed by atoms with Crippen molar-refractivity contribution in [3.05, 3.63) is 12.2 Å². The Labute approximate surface area is 121 Å². The lowest BCUT2D eigenvalue weighted by molar-refractivity contribution is -0.147. The van der Waals surface area contributed by atoms with Gasteiger partial charge in [0.1, 0.15) is 0 Å². The fourth-order valence-corrected chi connectivity index (χ4v) is 2.31. The third kappa shape index (κ3) is 4.96. The van der Waals surface area contributed by atoms with Gasteiger partial charge < -0.3 is 15.3 Å². The normalized spacial score (nSPS) is 22.2. The zero-order valence-corrected chi connectivity index (χ0v) is 12.6. The summed E-state index contributed by atoms with van der Waals surface area (Å²) < 4.78 is 0. The van der Waals surface area contributed by atoms with Gasteiger partial charge >= 0.3 is 5.97 Å². The summed E-state index contributed by atoms with van der Waals surface area (Å²) >= 11 is 0. The molecule has 114 valence electrons. The minimum atomic E-state index is -0.881. The van der Waals surface area contributed by atoms with E-state index in [1.165, 1.54) is 0 Å². The summed E-state index contributed by atoms with van der Waals surface area (Å²) in [7, 11) is 2.05. The van der Waals surface area contributed by atoms with Crippen LogP contribution in [0.2, 0.25) is 0 Å². The summed E-state index contributed by atoms with van der Waals surface area (Å²) in [4.78, 5) is 25.4. The van der Waals surface area contributed by atoms with E-state index in [2.05, 4.69) is 31.1 Å². The maximum absolute atomic E-state index is 12.1. The maximum Gasteiger partial charge on any atom is 0.307 e. The molecule has 2 unspecified atom stereocenters. The largest absolute Gasteiger partial charge is 0.481 e. The van der Waals surface area contributed by atoms with E-state index in [1.54, 1.807) is 0 Å². The van der Waals surface area contributed by atoms with Crippen LogP contribution in [0.3, 0.4) is 0 Å². The summed E-state index contributed by atoms with van der Waals surface area (Å²) in [5.41, 5.74) is 0. The van der Waals surface area contributed by atoms with Crippen molar-refractivity contribution >= 4 is 11.9 Å². The third-order valence-corrected chi connectivity index (χ3v) is 3.95. The Balaban J connectivity index is 2.35. The van der Waals surface area contributed by atoms with Crippen LogP contribution >= 0.6 is 0 Å². The maximum atomic E-state index is 12.1. The van der Waals surface area contributed by atoms with Crippen LogP contribution in [0.15, 0.2) is 12.2 Å². The fourth-order valence-electron chi connectivity index (χ4n) is 2.31. The first-order valence-corrected chi connectivity index (χ1v) is 7.29. The molecule has 0 radical (unpaired) electrons. The highest BCUT2D eigenvalue weighted by molar-refractivity contribution is 5.85. The molecule has 1 rings (SSSR count). The molecule has 0 heterocycles. The molecule has 1 aliphatic rings. The highest BCUT2D eigenvalue weighted by Gasteiger charge is 2.33. The first-order chi connectivity index (χ1) is 9.43. The molecule has 1 amide bonds. The Bertz CT molecular complexity index is 366. The number of aliphatic carboxylic acids is 1. The summed E-state index contributed by atoms with van der Waals surface area (Å²) in [5, 5.41) is 12.0. The topological polar surface area (TPSA) is 69.6 Å². The SMILES string of the molecule is CC(C)N(C)CCCNC(=O)C1CC=CCC1C(=O)O. The van der Waals surface area contributed by atoms with Gasteiger partial charge in [0.2, 0.25) is 5.91 Å². The highest BCUT2D eigenvalue weighted by Crippen LogP contribution is 2.25. The molecular weight excluding hydrogens is 256 g/mol. The van der Waals surface area contributed by atoms with Gasteiger partial charge in [0.25, 0.3) is 0 Å². The molecule has 0 fully saturated rings. The van der Waals surface area contributed by atoms with E-state index in [0.29, 0.717) is 25.4 Å². The number of carbonyl (C=O) groups is 2. The number of amides is 1. The molecule has 0 saturated carbocycles. The van der Waals surface area contributed by atoms with E-state index in [1.807, 2.05) is 12.2 Å². The van der Waals surface area contributed by atoms with Crippen molar-refractivity contribution in [1.29, 1.82) is 0 Å².